The van der Waals surface area contributed by atoms with Crippen LogP contribution in [0.1, 0.15) is 5.56 Å². The maximum atomic E-state index is 11.9. The summed E-state index contributed by atoms with van der Waals surface area (Å²) in [5, 5.41) is 0. The van der Waals surface area contributed by atoms with Crippen molar-refractivity contribution in [2.75, 3.05) is 18.6 Å². The molecule has 3 rings (SSSR count). The lowest BCUT2D eigenvalue weighted by molar-refractivity contribution is 0.305. The van der Waals surface area contributed by atoms with Crippen molar-refractivity contribution in [1.29, 1.82) is 0 Å². The Kier molecular flexibility index (Phi) is 4.56. The maximum Gasteiger partial charge on any atom is 0.276 e. The minimum absolute atomic E-state index is 0.0311. The molecule has 0 saturated heterocycles. The van der Waals surface area contributed by atoms with Gasteiger partial charge in [0.15, 0.2) is 5.82 Å². The second kappa shape index (κ2) is 6.96. The Balaban J connectivity index is 1.94. The minimum atomic E-state index is -0.500. The van der Waals surface area contributed by atoms with E-state index in [-0.39, 0.29) is 17.3 Å². The summed E-state index contributed by atoms with van der Waals surface area (Å²) in [7, 11) is 1.53. The summed E-state index contributed by atoms with van der Waals surface area (Å²) in [4.78, 5) is 18.6. The Bertz CT molecular complexity index is 939. The van der Waals surface area contributed by atoms with Gasteiger partial charge in [-0.1, -0.05) is 30.3 Å². The quantitative estimate of drug-likeness (QED) is 0.656. The molecule has 0 spiro atoms. The number of aromatic amines is 1. The van der Waals surface area contributed by atoms with E-state index in [1.165, 1.54) is 7.11 Å². The minimum Gasteiger partial charge on any atom is -0.496 e. The van der Waals surface area contributed by atoms with Crippen LogP contribution >= 0.6 is 0 Å². The zero-order valence-electron chi connectivity index (χ0n) is 13.7. The number of ether oxygens (including phenoxy) is 2. The largest absolute Gasteiger partial charge is 0.496 e. The average molecular weight is 338 g/mol. The van der Waals surface area contributed by atoms with Crippen LogP contribution in [0.3, 0.4) is 0 Å². The number of nitrogens with zero attached hydrogens (tertiary/aromatic N) is 1. The van der Waals surface area contributed by atoms with Crippen LogP contribution in [0.2, 0.25) is 0 Å². The first kappa shape index (κ1) is 16.4. The normalized spacial score (nSPS) is 10.4. The molecule has 0 aliphatic rings. The van der Waals surface area contributed by atoms with Gasteiger partial charge in [0.1, 0.15) is 29.6 Å². The zero-order chi connectivity index (χ0) is 17.8. The van der Waals surface area contributed by atoms with Crippen molar-refractivity contribution >= 4 is 11.5 Å². The van der Waals surface area contributed by atoms with E-state index in [2.05, 4.69) is 9.97 Å². The van der Waals surface area contributed by atoms with Gasteiger partial charge in [0, 0.05) is 0 Å². The Morgan fingerprint density at radius 1 is 1.12 bits per heavy atom. The fourth-order valence-electron chi connectivity index (χ4n) is 2.33. The molecule has 0 fully saturated rings. The molecule has 0 aliphatic carbocycles. The molecule has 0 aliphatic heterocycles. The lowest BCUT2D eigenvalue weighted by Crippen LogP contribution is -2.17. The van der Waals surface area contributed by atoms with Gasteiger partial charge in [0.05, 0.1) is 12.7 Å². The molecule has 0 saturated carbocycles. The van der Waals surface area contributed by atoms with E-state index < -0.39 is 5.56 Å². The van der Waals surface area contributed by atoms with E-state index in [0.717, 1.165) is 5.56 Å². The highest BCUT2D eigenvalue weighted by Crippen LogP contribution is 2.32. The number of benzene rings is 2. The number of hydrogen-bond acceptors (Lipinski definition) is 6. The first-order valence-corrected chi connectivity index (χ1v) is 7.59. The number of nitrogen functional groups attached to an aromatic ring is 2. The third kappa shape index (κ3) is 3.55. The average Bonchev–Trinajstić information content (AvgIpc) is 2.64. The maximum absolute atomic E-state index is 11.9. The smallest absolute Gasteiger partial charge is 0.276 e. The summed E-state index contributed by atoms with van der Waals surface area (Å²) < 4.78 is 11.1. The molecule has 25 heavy (non-hydrogen) atoms. The van der Waals surface area contributed by atoms with Crippen molar-refractivity contribution in [1.82, 2.24) is 9.97 Å². The summed E-state index contributed by atoms with van der Waals surface area (Å²) in [5.74, 6) is 1.37. The van der Waals surface area contributed by atoms with Gasteiger partial charge in [-0.05, 0) is 23.8 Å². The number of H-pyrrole nitrogens is 1. The molecule has 0 unspecified atom stereocenters. The summed E-state index contributed by atoms with van der Waals surface area (Å²) >= 11 is 0. The van der Waals surface area contributed by atoms with Crippen LogP contribution in [0.5, 0.6) is 11.5 Å². The van der Waals surface area contributed by atoms with Crippen molar-refractivity contribution in [3.63, 3.8) is 0 Å². The standard InChI is InChI=1S/C18H18N4O3/c1-24-14-8-7-12(25-10-11-5-3-2-4-6-11)9-13(14)17-21-16(20)15(19)18(23)22-17/h2-9H,10,19H2,1H3,(H3,20,21,22,23). The molecule has 0 bridgehead atoms. The predicted octanol–water partition coefficient (Wildman–Crippen LogP) is 2.19. The Morgan fingerprint density at radius 3 is 2.56 bits per heavy atom. The van der Waals surface area contributed by atoms with Gasteiger partial charge in [-0.3, -0.25) is 4.79 Å². The number of nitrogens with one attached hydrogen (secondary N) is 1. The molecule has 1 heterocycles. The van der Waals surface area contributed by atoms with Gasteiger partial charge < -0.3 is 25.9 Å². The third-order valence-electron chi connectivity index (χ3n) is 3.66. The number of methoxy groups -OCH3 is 1. The van der Waals surface area contributed by atoms with Crippen molar-refractivity contribution in [2.45, 2.75) is 6.61 Å². The van der Waals surface area contributed by atoms with E-state index in [1.807, 2.05) is 30.3 Å². The zero-order valence-corrected chi connectivity index (χ0v) is 13.7. The highest BCUT2D eigenvalue weighted by Gasteiger charge is 2.13. The Hall–Kier alpha value is -3.48. The van der Waals surface area contributed by atoms with Gasteiger partial charge in [0.25, 0.3) is 5.56 Å². The van der Waals surface area contributed by atoms with Crippen LogP contribution in [0.4, 0.5) is 11.5 Å². The summed E-state index contributed by atoms with van der Waals surface area (Å²) in [6.45, 7) is 0.417. The van der Waals surface area contributed by atoms with Gasteiger partial charge in [-0.25, -0.2) is 4.98 Å². The second-order valence-corrected chi connectivity index (χ2v) is 5.35. The van der Waals surface area contributed by atoms with Crippen LogP contribution in [0.25, 0.3) is 11.4 Å². The second-order valence-electron chi connectivity index (χ2n) is 5.35. The Labute approximate surface area is 144 Å². The molecule has 128 valence electrons. The third-order valence-corrected chi connectivity index (χ3v) is 3.66. The number of anilines is 2. The fraction of sp³-hybridized carbons (Fsp3) is 0.111. The number of hydrogen-bond donors (Lipinski definition) is 3. The topological polar surface area (TPSA) is 116 Å². The number of nitrogens with two attached hydrogens (primary N) is 2. The van der Waals surface area contributed by atoms with Crippen molar-refractivity contribution < 1.29 is 9.47 Å². The molecular formula is C18H18N4O3. The van der Waals surface area contributed by atoms with Crippen molar-refractivity contribution in [3.05, 3.63) is 64.4 Å². The van der Waals surface area contributed by atoms with E-state index in [0.29, 0.717) is 23.7 Å². The highest BCUT2D eigenvalue weighted by molar-refractivity contribution is 5.69. The number of rotatable bonds is 5. The molecule has 0 amide bonds. The van der Waals surface area contributed by atoms with E-state index in [9.17, 15) is 4.79 Å². The molecule has 1 aromatic heterocycles. The van der Waals surface area contributed by atoms with Gasteiger partial charge in [0.2, 0.25) is 0 Å². The molecular weight excluding hydrogens is 320 g/mol. The van der Waals surface area contributed by atoms with Gasteiger partial charge >= 0.3 is 0 Å². The first-order chi connectivity index (χ1) is 12.1. The molecule has 7 heteroatoms. The summed E-state index contributed by atoms with van der Waals surface area (Å²) in [6.07, 6.45) is 0. The summed E-state index contributed by atoms with van der Waals surface area (Å²) in [5.41, 5.74) is 12.2. The van der Waals surface area contributed by atoms with Gasteiger partial charge in [-0.15, -0.1) is 0 Å². The van der Waals surface area contributed by atoms with Crippen LogP contribution in [0, 0.1) is 0 Å². The van der Waals surface area contributed by atoms with Crippen LogP contribution in [-0.2, 0) is 6.61 Å². The molecule has 5 N–H and O–H groups in total. The molecule has 0 radical (unpaired) electrons. The van der Waals surface area contributed by atoms with Crippen molar-refractivity contribution in [3.8, 4) is 22.9 Å². The molecule has 3 aromatic rings. The Morgan fingerprint density at radius 2 is 1.88 bits per heavy atom. The van der Waals surface area contributed by atoms with Crippen LogP contribution < -0.4 is 26.5 Å². The molecule has 2 aromatic carbocycles. The van der Waals surface area contributed by atoms with Crippen LogP contribution in [-0.4, -0.2) is 17.1 Å². The van der Waals surface area contributed by atoms with Crippen molar-refractivity contribution in [2.24, 2.45) is 0 Å². The monoisotopic (exact) mass is 338 g/mol. The lowest BCUT2D eigenvalue weighted by atomic mass is 10.1. The molecule has 0 atom stereocenters. The lowest BCUT2D eigenvalue weighted by Gasteiger charge is -2.12. The fourth-order valence-corrected chi connectivity index (χ4v) is 2.33. The van der Waals surface area contributed by atoms with E-state index in [4.69, 9.17) is 20.9 Å². The first-order valence-electron chi connectivity index (χ1n) is 7.59. The van der Waals surface area contributed by atoms with Gasteiger partial charge in [-0.2, -0.15) is 0 Å². The van der Waals surface area contributed by atoms with E-state index in [1.54, 1.807) is 18.2 Å². The SMILES string of the molecule is COc1ccc(OCc2ccccc2)cc1-c1nc(N)c(N)c(=O)[nH]1. The molecule has 7 nitrogen and oxygen atoms in total. The summed E-state index contributed by atoms with van der Waals surface area (Å²) in [6, 6.07) is 15.0. The predicted molar refractivity (Wildman–Crippen MR) is 96.4 cm³/mol. The van der Waals surface area contributed by atoms with Crippen LogP contribution in [0.15, 0.2) is 53.3 Å². The number of aromatic nitrogens is 2. The van der Waals surface area contributed by atoms with E-state index >= 15 is 0 Å². The highest BCUT2D eigenvalue weighted by atomic mass is 16.5.